The van der Waals surface area contributed by atoms with Crippen LogP contribution in [0.2, 0.25) is 0 Å². The Balaban J connectivity index is 2.25. The first kappa shape index (κ1) is 7.94. The van der Waals surface area contributed by atoms with Crippen LogP contribution in [0.5, 0.6) is 0 Å². The average Bonchev–Trinajstić information content (AvgIpc) is 2.05. The molecule has 4 heteroatoms. The van der Waals surface area contributed by atoms with Crippen molar-refractivity contribution < 1.29 is 18.9 Å². The molecule has 0 N–H and O–H groups in total. The first-order valence-electron chi connectivity index (χ1n) is 3.15. The quantitative estimate of drug-likeness (QED) is 0.551. The number of methoxy groups -OCH3 is 2. The van der Waals surface area contributed by atoms with Gasteiger partial charge < -0.3 is 18.9 Å². The first-order chi connectivity index (χ1) is 4.86. The van der Waals surface area contributed by atoms with Crippen molar-refractivity contribution in [2.75, 3.05) is 27.4 Å². The molecule has 0 amide bonds. The molecule has 10 heavy (non-hydrogen) atoms. The number of hydrogen-bond acceptors (Lipinski definition) is 4. The predicted molar refractivity (Wildman–Crippen MR) is 33.5 cm³/mol. The van der Waals surface area contributed by atoms with Gasteiger partial charge in [0.25, 0.3) is 0 Å². The molecule has 2 unspecified atom stereocenters. The fraction of sp³-hybridized carbons (Fsp3) is 1.00. The minimum Gasteiger partial charge on any atom is -0.371 e. The van der Waals surface area contributed by atoms with E-state index in [0.29, 0.717) is 13.2 Å². The van der Waals surface area contributed by atoms with Gasteiger partial charge in [-0.1, -0.05) is 0 Å². The Bertz CT molecular complexity index is 85.7. The first-order valence-corrected chi connectivity index (χ1v) is 3.15. The van der Waals surface area contributed by atoms with Crippen molar-refractivity contribution in [2.24, 2.45) is 0 Å². The molecule has 1 fully saturated rings. The second-order valence-corrected chi connectivity index (χ2v) is 2.00. The smallest absolute Gasteiger partial charge is 0.183 e. The van der Waals surface area contributed by atoms with Gasteiger partial charge in [0.1, 0.15) is 0 Å². The third-order valence-corrected chi connectivity index (χ3v) is 1.34. The lowest BCUT2D eigenvalue weighted by atomic mass is 10.5. The zero-order chi connectivity index (χ0) is 7.40. The normalized spacial score (nSPS) is 34.2. The molecule has 0 aliphatic carbocycles. The molecule has 0 bridgehead atoms. The molecule has 0 radical (unpaired) electrons. The SMILES string of the molecule is COC1COCC(OC)O1. The van der Waals surface area contributed by atoms with E-state index in [4.69, 9.17) is 18.9 Å². The van der Waals surface area contributed by atoms with Gasteiger partial charge in [-0.25, -0.2) is 0 Å². The van der Waals surface area contributed by atoms with E-state index in [2.05, 4.69) is 0 Å². The monoisotopic (exact) mass is 148 g/mol. The van der Waals surface area contributed by atoms with Crippen molar-refractivity contribution >= 4 is 0 Å². The van der Waals surface area contributed by atoms with Gasteiger partial charge in [0, 0.05) is 14.2 Å². The molecule has 0 saturated carbocycles. The molecular weight excluding hydrogens is 136 g/mol. The second kappa shape index (κ2) is 3.88. The lowest BCUT2D eigenvalue weighted by molar-refractivity contribution is -0.294. The van der Waals surface area contributed by atoms with Crippen LogP contribution in [0.25, 0.3) is 0 Å². The maximum absolute atomic E-state index is 5.22. The van der Waals surface area contributed by atoms with Crippen molar-refractivity contribution in [3.8, 4) is 0 Å². The molecule has 1 saturated heterocycles. The number of hydrogen-bond donors (Lipinski definition) is 0. The number of rotatable bonds is 2. The number of ether oxygens (including phenoxy) is 4. The average molecular weight is 148 g/mol. The van der Waals surface area contributed by atoms with Crippen LogP contribution in [-0.4, -0.2) is 40.0 Å². The van der Waals surface area contributed by atoms with Crippen LogP contribution in [-0.2, 0) is 18.9 Å². The highest BCUT2D eigenvalue weighted by Gasteiger charge is 2.21. The van der Waals surface area contributed by atoms with Crippen molar-refractivity contribution in [3.05, 3.63) is 0 Å². The summed E-state index contributed by atoms with van der Waals surface area (Å²) in [6.45, 7) is 0.965. The Morgan fingerprint density at radius 1 is 1.10 bits per heavy atom. The van der Waals surface area contributed by atoms with Gasteiger partial charge in [0.15, 0.2) is 12.6 Å². The van der Waals surface area contributed by atoms with Crippen molar-refractivity contribution in [1.82, 2.24) is 0 Å². The standard InChI is InChI=1S/C6H12O4/c1-7-5-3-9-4-6(8-2)10-5/h5-6H,3-4H2,1-2H3. The van der Waals surface area contributed by atoms with Crippen LogP contribution in [0, 0.1) is 0 Å². The molecule has 1 rings (SSSR count). The van der Waals surface area contributed by atoms with Crippen molar-refractivity contribution in [2.45, 2.75) is 12.6 Å². The summed E-state index contributed by atoms with van der Waals surface area (Å²) in [7, 11) is 3.15. The van der Waals surface area contributed by atoms with Gasteiger partial charge in [-0.3, -0.25) is 0 Å². The van der Waals surface area contributed by atoms with Crippen LogP contribution in [0.4, 0.5) is 0 Å². The van der Waals surface area contributed by atoms with E-state index in [1.807, 2.05) is 0 Å². The second-order valence-electron chi connectivity index (χ2n) is 2.00. The Labute approximate surface area is 60.0 Å². The largest absolute Gasteiger partial charge is 0.371 e. The van der Waals surface area contributed by atoms with E-state index < -0.39 is 0 Å². The highest BCUT2D eigenvalue weighted by Crippen LogP contribution is 2.07. The zero-order valence-corrected chi connectivity index (χ0v) is 6.20. The summed E-state index contributed by atoms with van der Waals surface area (Å²) in [4.78, 5) is 0. The lowest BCUT2D eigenvalue weighted by Gasteiger charge is -2.27. The minimum atomic E-state index is -0.279. The van der Waals surface area contributed by atoms with Crippen LogP contribution in [0.1, 0.15) is 0 Å². The molecule has 0 spiro atoms. The Hall–Kier alpha value is -0.160. The highest BCUT2D eigenvalue weighted by atomic mass is 16.8. The molecule has 4 nitrogen and oxygen atoms in total. The van der Waals surface area contributed by atoms with Crippen molar-refractivity contribution in [1.29, 1.82) is 0 Å². The van der Waals surface area contributed by atoms with Crippen LogP contribution >= 0.6 is 0 Å². The minimum absolute atomic E-state index is 0.279. The van der Waals surface area contributed by atoms with Gasteiger partial charge >= 0.3 is 0 Å². The Kier molecular flexibility index (Phi) is 3.08. The summed E-state index contributed by atoms with van der Waals surface area (Å²) in [5.41, 5.74) is 0. The fourth-order valence-corrected chi connectivity index (χ4v) is 0.756. The van der Waals surface area contributed by atoms with Gasteiger partial charge in [0.05, 0.1) is 13.2 Å². The summed E-state index contributed by atoms with van der Waals surface area (Å²) >= 11 is 0. The molecule has 1 aliphatic rings. The van der Waals surface area contributed by atoms with Gasteiger partial charge in [0.2, 0.25) is 0 Å². The summed E-state index contributed by atoms with van der Waals surface area (Å²) in [5.74, 6) is 0. The molecule has 0 aromatic carbocycles. The summed E-state index contributed by atoms with van der Waals surface area (Å²) < 4.78 is 20.1. The summed E-state index contributed by atoms with van der Waals surface area (Å²) in [5, 5.41) is 0. The van der Waals surface area contributed by atoms with Crippen LogP contribution < -0.4 is 0 Å². The highest BCUT2D eigenvalue weighted by molar-refractivity contribution is 4.52. The third kappa shape index (κ3) is 1.91. The van der Waals surface area contributed by atoms with E-state index in [-0.39, 0.29) is 12.6 Å². The van der Waals surface area contributed by atoms with Crippen molar-refractivity contribution in [3.63, 3.8) is 0 Å². The molecule has 0 aromatic rings. The van der Waals surface area contributed by atoms with E-state index in [9.17, 15) is 0 Å². The molecule has 0 aromatic heterocycles. The summed E-state index contributed by atoms with van der Waals surface area (Å²) in [6, 6.07) is 0. The molecule has 60 valence electrons. The van der Waals surface area contributed by atoms with E-state index in [1.54, 1.807) is 14.2 Å². The molecule has 1 heterocycles. The Morgan fingerprint density at radius 2 is 1.60 bits per heavy atom. The lowest BCUT2D eigenvalue weighted by Crippen LogP contribution is -2.38. The van der Waals surface area contributed by atoms with E-state index >= 15 is 0 Å². The summed E-state index contributed by atoms with van der Waals surface area (Å²) in [6.07, 6.45) is -0.558. The zero-order valence-electron chi connectivity index (χ0n) is 6.20. The van der Waals surface area contributed by atoms with E-state index in [1.165, 1.54) is 0 Å². The van der Waals surface area contributed by atoms with Crippen LogP contribution in [0.3, 0.4) is 0 Å². The Morgan fingerprint density at radius 3 is 2.00 bits per heavy atom. The fourth-order valence-electron chi connectivity index (χ4n) is 0.756. The van der Waals surface area contributed by atoms with Gasteiger partial charge in [-0.05, 0) is 0 Å². The topological polar surface area (TPSA) is 36.9 Å². The maximum atomic E-state index is 5.22. The predicted octanol–water partition coefficient (Wildman–Crippen LogP) is -0.0218. The maximum Gasteiger partial charge on any atom is 0.183 e. The molecule has 1 aliphatic heterocycles. The molecular formula is C6H12O4. The van der Waals surface area contributed by atoms with E-state index in [0.717, 1.165) is 0 Å². The van der Waals surface area contributed by atoms with Gasteiger partial charge in [-0.15, -0.1) is 0 Å². The molecule has 2 atom stereocenters. The van der Waals surface area contributed by atoms with Crippen LogP contribution in [0.15, 0.2) is 0 Å². The van der Waals surface area contributed by atoms with Gasteiger partial charge in [-0.2, -0.15) is 0 Å². The third-order valence-electron chi connectivity index (χ3n) is 1.34.